The number of nitrogens with zero attached hydrogens (tertiary/aromatic N) is 1. The summed E-state index contributed by atoms with van der Waals surface area (Å²) < 4.78 is 34.5. The molecular weight excluding hydrogens is 556 g/mol. The summed E-state index contributed by atoms with van der Waals surface area (Å²) in [5.41, 5.74) is 0.986. The van der Waals surface area contributed by atoms with E-state index in [-0.39, 0.29) is 47.8 Å². The van der Waals surface area contributed by atoms with Crippen molar-refractivity contribution >= 4 is 17.8 Å². The number of amides is 1. The molecular formula is C32H42N2O9. The van der Waals surface area contributed by atoms with E-state index < -0.39 is 36.8 Å². The first-order valence-electron chi connectivity index (χ1n) is 14.9. The molecule has 1 N–H and O–H groups in total. The molecule has 2 aliphatic rings. The van der Waals surface area contributed by atoms with Crippen LogP contribution in [0.1, 0.15) is 62.5 Å². The van der Waals surface area contributed by atoms with E-state index in [9.17, 15) is 14.4 Å². The lowest BCUT2D eigenvalue weighted by atomic mass is 9.91. The second kappa shape index (κ2) is 15.7. The molecule has 1 aliphatic heterocycles. The highest BCUT2D eigenvalue weighted by molar-refractivity contribution is 5.98. The van der Waals surface area contributed by atoms with Crippen molar-refractivity contribution in [3.63, 3.8) is 0 Å². The molecule has 0 radical (unpaired) electrons. The molecule has 2 aromatic rings. The third kappa shape index (κ3) is 8.90. The van der Waals surface area contributed by atoms with Gasteiger partial charge in [-0.1, -0.05) is 57.0 Å². The van der Waals surface area contributed by atoms with E-state index in [0.717, 1.165) is 31.2 Å². The van der Waals surface area contributed by atoms with Gasteiger partial charge in [0, 0.05) is 18.2 Å². The van der Waals surface area contributed by atoms with Crippen LogP contribution in [0.15, 0.2) is 42.6 Å². The Hall–Kier alpha value is -3.70. The second-order valence-corrected chi connectivity index (χ2v) is 11.2. The molecule has 11 nitrogen and oxygen atoms in total. The highest BCUT2D eigenvalue weighted by Crippen LogP contribution is 2.31. The summed E-state index contributed by atoms with van der Waals surface area (Å²) in [6, 6.07) is 10.5. The number of aromatic nitrogens is 1. The van der Waals surface area contributed by atoms with Crippen LogP contribution in [0.2, 0.25) is 0 Å². The Morgan fingerprint density at radius 1 is 1.09 bits per heavy atom. The fraction of sp³-hybridized carbons (Fsp3) is 0.562. The largest absolute Gasteiger partial charge is 0.493 e. The summed E-state index contributed by atoms with van der Waals surface area (Å²) in [7, 11) is 1.41. The lowest BCUT2D eigenvalue weighted by Gasteiger charge is -2.33. The van der Waals surface area contributed by atoms with Crippen LogP contribution in [-0.2, 0) is 35.0 Å². The van der Waals surface area contributed by atoms with Crippen molar-refractivity contribution in [2.75, 3.05) is 27.1 Å². The number of pyridine rings is 1. The van der Waals surface area contributed by atoms with Crippen molar-refractivity contribution in [1.29, 1.82) is 0 Å². The summed E-state index contributed by atoms with van der Waals surface area (Å²) in [5.74, 6) is -2.06. The number of ether oxygens (including phenoxy) is 6. The van der Waals surface area contributed by atoms with Crippen LogP contribution in [0.25, 0.3) is 0 Å². The molecule has 1 saturated carbocycles. The lowest BCUT2D eigenvalue weighted by Crippen LogP contribution is -2.47. The van der Waals surface area contributed by atoms with E-state index in [2.05, 4.69) is 22.4 Å². The monoisotopic (exact) mass is 598 g/mol. The summed E-state index contributed by atoms with van der Waals surface area (Å²) in [6.45, 7) is 4.97. The van der Waals surface area contributed by atoms with Gasteiger partial charge >= 0.3 is 11.9 Å². The molecule has 1 aromatic heterocycles. The van der Waals surface area contributed by atoms with Crippen LogP contribution in [0.5, 0.6) is 11.5 Å². The molecule has 43 heavy (non-hydrogen) atoms. The predicted molar refractivity (Wildman–Crippen MR) is 156 cm³/mol. The number of carbonyl (C=O) groups excluding carboxylic acids is 3. The lowest BCUT2D eigenvalue weighted by molar-refractivity contribution is -0.164. The Morgan fingerprint density at radius 3 is 2.53 bits per heavy atom. The van der Waals surface area contributed by atoms with Gasteiger partial charge in [0.1, 0.15) is 6.10 Å². The third-order valence-electron chi connectivity index (χ3n) is 7.61. The van der Waals surface area contributed by atoms with Crippen molar-refractivity contribution in [2.24, 2.45) is 11.8 Å². The molecule has 11 heteroatoms. The molecule has 1 aliphatic carbocycles. The van der Waals surface area contributed by atoms with Gasteiger partial charge in [-0.3, -0.25) is 9.59 Å². The maximum atomic E-state index is 13.4. The maximum Gasteiger partial charge on any atom is 0.331 e. The molecule has 4 atom stereocenters. The summed E-state index contributed by atoms with van der Waals surface area (Å²) in [6.07, 6.45) is 5.40. The van der Waals surface area contributed by atoms with Crippen LogP contribution < -0.4 is 14.8 Å². The molecule has 2 heterocycles. The van der Waals surface area contributed by atoms with Crippen molar-refractivity contribution in [3.05, 3.63) is 53.9 Å². The van der Waals surface area contributed by atoms with Crippen molar-refractivity contribution in [2.45, 2.75) is 77.2 Å². The molecule has 1 saturated heterocycles. The Balaban J connectivity index is 1.49. The molecule has 234 valence electrons. The van der Waals surface area contributed by atoms with E-state index in [1.165, 1.54) is 19.4 Å². The topological polar surface area (TPSA) is 132 Å². The number of cyclic esters (lactones) is 1. The number of rotatable bonds is 11. The highest BCUT2D eigenvalue weighted by Gasteiger charge is 2.38. The fourth-order valence-electron chi connectivity index (χ4n) is 5.31. The first-order valence-corrected chi connectivity index (χ1v) is 14.9. The van der Waals surface area contributed by atoms with Gasteiger partial charge in [0.15, 0.2) is 23.2 Å². The first-order chi connectivity index (χ1) is 20.8. The quantitative estimate of drug-likeness (QED) is 0.300. The van der Waals surface area contributed by atoms with Crippen LogP contribution in [0, 0.1) is 11.8 Å². The van der Waals surface area contributed by atoms with E-state index in [1.807, 2.05) is 25.1 Å². The SMILES string of the molecule is COc1ccnc(C(=O)N[C@H]2COC[C@H](Cc3ccccc3)[C@@H](OC3CCCC3)[C@H](C)OC2=O)c1OCOC(=O)C(C)C. The number of nitrogens with one attached hydrogen (secondary N) is 1. The maximum absolute atomic E-state index is 13.4. The zero-order valence-corrected chi connectivity index (χ0v) is 25.3. The molecule has 2 fully saturated rings. The Kier molecular flexibility index (Phi) is 11.7. The Morgan fingerprint density at radius 2 is 1.84 bits per heavy atom. The number of hydrogen-bond donors (Lipinski definition) is 1. The Labute approximate surface area is 252 Å². The zero-order valence-electron chi connectivity index (χ0n) is 25.3. The number of methoxy groups -OCH3 is 1. The van der Waals surface area contributed by atoms with Crippen LogP contribution in [0.4, 0.5) is 0 Å². The van der Waals surface area contributed by atoms with Gasteiger partial charge in [0.2, 0.25) is 6.79 Å². The van der Waals surface area contributed by atoms with Gasteiger partial charge in [-0.05, 0) is 31.7 Å². The molecule has 1 amide bonds. The minimum Gasteiger partial charge on any atom is -0.493 e. The number of carbonyl (C=O) groups is 3. The minimum atomic E-state index is -1.11. The van der Waals surface area contributed by atoms with E-state index in [0.29, 0.717) is 13.0 Å². The average Bonchev–Trinajstić information content (AvgIpc) is 3.53. The normalized spacial score (nSPS) is 23.0. The molecule has 0 bridgehead atoms. The van der Waals surface area contributed by atoms with Crippen molar-refractivity contribution < 1.29 is 42.8 Å². The fourth-order valence-corrected chi connectivity index (χ4v) is 5.31. The minimum absolute atomic E-state index is 0.0299. The average molecular weight is 599 g/mol. The summed E-state index contributed by atoms with van der Waals surface area (Å²) in [5, 5.41) is 2.68. The van der Waals surface area contributed by atoms with Gasteiger partial charge < -0.3 is 33.7 Å². The Bertz CT molecular complexity index is 1220. The second-order valence-electron chi connectivity index (χ2n) is 11.2. The van der Waals surface area contributed by atoms with Gasteiger partial charge in [0.25, 0.3) is 5.91 Å². The van der Waals surface area contributed by atoms with Gasteiger partial charge in [-0.2, -0.15) is 0 Å². The highest BCUT2D eigenvalue weighted by atomic mass is 16.7. The standard InChI is InChI=1S/C32H42N2O9/c1-20(2)31(36)41-19-40-29-26(38-4)14-15-33-27(29)30(35)34-25-18-39-17-23(16-22-10-6-5-7-11-22)28(21(3)42-32(25)37)43-24-12-8-9-13-24/h5-7,10-11,14-15,20-21,23-25,28H,8-9,12-13,16-19H2,1-4H3,(H,34,35)/t21-,23-,25-,28-/m0/s1. The number of benzene rings is 1. The first kappa shape index (κ1) is 32.2. The zero-order chi connectivity index (χ0) is 30.8. The smallest absolute Gasteiger partial charge is 0.331 e. The third-order valence-corrected chi connectivity index (χ3v) is 7.61. The van der Waals surface area contributed by atoms with E-state index in [4.69, 9.17) is 28.4 Å². The van der Waals surface area contributed by atoms with Crippen molar-refractivity contribution in [1.82, 2.24) is 10.3 Å². The van der Waals surface area contributed by atoms with Gasteiger partial charge in [0.05, 0.1) is 38.4 Å². The molecule has 0 spiro atoms. The van der Waals surface area contributed by atoms with Gasteiger partial charge in [-0.15, -0.1) is 0 Å². The molecule has 1 aromatic carbocycles. The molecule has 4 rings (SSSR count). The predicted octanol–water partition coefficient (Wildman–Crippen LogP) is 3.87. The number of esters is 2. The van der Waals surface area contributed by atoms with E-state index >= 15 is 0 Å². The van der Waals surface area contributed by atoms with Crippen LogP contribution in [-0.4, -0.2) is 74.3 Å². The molecule has 0 unspecified atom stereocenters. The number of hydrogen-bond acceptors (Lipinski definition) is 10. The van der Waals surface area contributed by atoms with Gasteiger partial charge in [-0.25, -0.2) is 9.78 Å². The van der Waals surface area contributed by atoms with Crippen LogP contribution >= 0.6 is 0 Å². The van der Waals surface area contributed by atoms with E-state index in [1.54, 1.807) is 13.8 Å². The summed E-state index contributed by atoms with van der Waals surface area (Å²) >= 11 is 0. The summed E-state index contributed by atoms with van der Waals surface area (Å²) in [4.78, 5) is 42.8. The van der Waals surface area contributed by atoms with Crippen molar-refractivity contribution in [3.8, 4) is 11.5 Å². The van der Waals surface area contributed by atoms with Crippen LogP contribution in [0.3, 0.4) is 0 Å².